The van der Waals surface area contributed by atoms with Crippen molar-refractivity contribution in [3.05, 3.63) is 30.7 Å². The zero-order valence-corrected chi connectivity index (χ0v) is 17.1. The van der Waals surface area contributed by atoms with Crippen LogP contribution in [0.2, 0.25) is 0 Å². The number of nitrogens with zero attached hydrogens (tertiary/aromatic N) is 5. The van der Waals surface area contributed by atoms with Crippen LogP contribution < -0.4 is 10.2 Å². The molecular formula is C19H28N6O2S. The fourth-order valence-corrected chi connectivity index (χ4v) is 5.45. The molecule has 4 heterocycles. The molecule has 152 valence electrons. The van der Waals surface area contributed by atoms with Gasteiger partial charge in [-0.2, -0.15) is 9.40 Å². The summed E-state index contributed by atoms with van der Waals surface area (Å²) in [5.74, 6) is 0.718. The molecule has 0 aliphatic carbocycles. The van der Waals surface area contributed by atoms with E-state index in [9.17, 15) is 8.42 Å². The first kappa shape index (κ1) is 19.2. The summed E-state index contributed by atoms with van der Waals surface area (Å²) in [6.45, 7) is 3.11. The van der Waals surface area contributed by atoms with Gasteiger partial charge >= 0.3 is 0 Å². The van der Waals surface area contributed by atoms with Gasteiger partial charge in [-0.1, -0.05) is 6.42 Å². The van der Waals surface area contributed by atoms with Gasteiger partial charge < -0.3 is 10.2 Å². The van der Waals surface area contributed by atoms with Gasteiger partial charge in [0.1, 0.15) is 10.7 Å². The molecule has 0 radical (unpaired) electrons. The van der Waals surface area contributed by atoms with Crippen LogP contribution in [0, 0.1) is 0 Å². The second-order valence-electron chi connectivity index (χ2n) is 7.65. The van der Waals surface area contributed by atoms with Gasteiger partial charge in [0.15, 0.2) is 0 Å². The lowest BCUT2D eigenvalue weighted by Gasteiger charge is -2.34. The van der Waals surface area contributed by atoms with Gasteiger partial charge in [-0.15, -0.1) is 0 Å². The number of rotatable bonds is 5. The molecule has 1 unspecified atom stereocenters. The molecule has 0 amide bonds. The van der Waals surface area contributed by atoms with Crippen LogP contribution in [-0.2, 0) is 17.1 Å². The fraction of sp³-hybridized carbons (Fsp3) is 0.579. The normalized spacial score (nSPS) is 21.6. The Balaban J connectivity index is 1.40. The van der Waals surface area contributed by atoms with Gasteiger partial charge in [0, 0.05) is 51.7 Å². The summed E-state index contributed by atoms with van der Waals surface area (Å²) in [6, 6.07) is 3.71. The molecule has 4 rings (SSSR count). The van der Waals surface area contributed by atoms with E-state index in [1.54, 1.807) is 16.4 Å². The van der Waals surface area contributed by atoms with Crippen molar-refractivity contribution in [1.82, 2.24) is 19.1 Å². The van der Waals surface area contributed by atoms with E-state index in [2.05, 4.69) is 20.3 Å². The lowest BCUT2D eigenvalue weighted by Crippen LogP contribution is -2.42. The zero-order chi connectivity index (χ0) is 19.6. The standard InChI is InChI=1S/C19H28N6O2S/c1-23-15-17(12-21-23)24-9-5-6-16(14-24)22-19-8-7-18(13-20-19)28(26,27)25-10-3-2-4-11-25/h7-8,12-13,15-16H,2-6,9-11,14H2,1H3,(H,20,22). The summed E-state index contributed by atoms with van der Waals surface area (Å²) in [4.78, 5) is 6.98. The molecule has 1 atom stereocenters. The molecule has 2 fully saturated rings. The van der Waals surface area contributed by atoms with Gasteiger partial charge in [0.05, 0.1) is 11.9 Å². The van der Waals surface area contributed by atoms with E-state index in [0.29, 0.717) is 13.1 Å². The van der Waals surface area contributed by atoms with Gasteiger partial charge in [0.25, 0.3) is 0 Å². The third-order valence-electron chi connectivity index (χ3n) is 5.52. The summed E-state index contributed by atoms with van der Waals surface area (Å²) in [5.41, 5.74) is 1.13. The van der Waals surface area contributed by atoms with Crippen molar-refractivity contribution in [2.75, 3.05) is 36.4 Å². The van der Waals surface area contributed by atoms with Crippen molar-refractivity contribution in [2.45, 2.75) is 43.0 Å². The predicted molar refractivity (Wildman–Crippen MR) is 109 cm³/mol. The van der Waals surface area contributed by atoms with Crippen molar-refractivity contribution in [3.8, 4) is 0 Å². The molecule has 0 aromatic carbocycles. The number of anilines is 2. The van der Waals surface area contributed by atoms with Crippen LogP contribution in [0.25, 0.3) is 0 Å². The van der Waals surface area contributed by atoms with Gasteiger partial charge in [-0.3, -0.25) is 4.68 Å². The molecule has 2 aliphatic rings. The number of aromatic nitrogens is 3. The molecule has 0 saturated carbocycles. The van der Waals surface area contributed by atoms with Gasteiger partial charge in [-0.05, 0) is 37.8 Å². The van der Waals surface area contributed by atoms with Crippen LogP contribution in [0.4, 0.5) is 11.5 Å². The smallest absolute Gasteiger partial charge is 0.244 e. The largest absolute Gasteiger partial charge is 0.367 e. The summed E-state index contributed by atoms with van der Waals surface area (Å²) in [7, 11) is -1.51. The van der Waals surface area contributed by atoms with Crippen LogP contribution in [0.5, 0.6) is 0 Å². The highest BCUT2D eigenvalue weighted by atomic mass is 32.2. The quantitative estimate of drug-likeness (QED) is 0.821. The SMILES string of the molecule is Cn1cc(N2CCCC(Nc3ccc(S(=O)(=O)N4CCCCC4)cn3)C2)cn1. The minimum absolute atomic E-state index is 0.269. The van der Waals surface area contributed by atoms with Crippen molar-refractivity contribution in [1.29, 1.82) is 0 Å². The van der Waals surface area contributed by atoms with Crippen LogP contribution in [-0.4, -0.2) is 59.7 Å². The Hall–Kier alpha value is -2.13. The van der Waals surface area contributed by atoms with E-state index in [0.717, 1.165) is 56.7 Å². The van der Waals surface area contributed by atoms with Gasteiger partial charge in [0.2, 0.25) is 10.0 Å². The molecule has 2 aromatic rings. The van der Waals surface area contributed by atoms with Crippen molar-refractivity contribution < 1.29 is 8.42 Å². The van der Waals surface area contributed by atoms with Crippen LogP contribution >= 0.6 is 0 Å². The fourth-order valence-electron chi connectivity index (χ4n) is 3.98. The number of hydrogen-bond donors (Lipinski definition) is 1. The highest BCUT2D eigenvalue weighted by Gasteiger charge is 2.26. The van der Waals surface area contributed by atoms with Crippen LogP contribution in [0.15, 0.2) is 35.6 Å². The number of piperidine rings is 2. The number of pyridine rings is 1. The Kier molecular flexibility index (Phi) is 5.54. The topological polar surface area (TPSA) is 83.4 Å². The van der Waals surface area contributed by atoms with Crippen LogP contribution in [0.1, 0.15) is 32.1 Å². The maximum absolute atomic E-state index is 12.7. The van der Waals surface area contributed by atoms with E-state index >= 15 is 0 Å². The molecule has 1 N–H and O–H groups in total. The Morgan fingerprint density at radius 1 is 1.07 bits per heavy atom. The van der Waals surface area contributed by atoms with Gasteiger partial charge in [-0.25, -0.2) is 13.4 Å². The maximum Gasteiger partial charge on any atom is 0.244 e. The number of sulfonamides is 1. The van der Waals surface area contributed by atoms with Crippen molar-refractivity contribution in [2.24, 2.45) is 7.05 Å². The second kappa shape index (κ2) is 8.08. The highest BCUT2D eigenvalue weighted by Crippen LogP contribution is 2.23. The molecule has 2 aromatic heterocycles. The number of nitrogens with one attached hydrogen (secondary N) is 1. The first-order valence-corrected chi connectivity index (χ1v) is 11.4. The number of hydrogen-bond acceptors (Lipinski definition) is 6. The third kappa shape index (κ3) is 4.15. The summed E-state index contributed by atoms with van der Waals surface area (Å²) < 4.78 is 28.9. The molecule has 9 heteroatoms. The monoisotopic (exact) mass is 404 g/mol. The summed E-state index contributed by atoms with van der Waals surface area (Å²) in [5, 5.41) is 7.71. The lowest BCUT2D eigenvalue weighted by atomic mass is 10.1. The Morgan fingerprint density at radius 3 is 2.57 bits per heavy atom. The Labute approximate surface area is 166 Å². The first-order chi connectivity index (χ1) is 13.5. The second-order valence-corrected chi connectivity index (χ2v) is 9.58. The van der Waals surface area contributed by atoms with E-state index in [4.69, 9.17) is 0 Å². The van der Waals surface area contributed by atoms with Crippen molar-refractivity contribution in [3.63, 3.8) is 0 Å². The molecule has 2 aliphatic heterocycles. The van der Waals surface area contributed by atoms with E-state index in [1.807, 2.05) is 24.1 Å². The maximum atomic E-state index is 12.7. The molecule has 0 spiro atoms. The Bertz CT molecular complexity index is 889. The lowest BCUT2D eigenvalue weighted by molar-refractivity contribution is 0.346. The zero-order valence-electron chi connectivity index (χ0n) is 16.3. The number of aryl methyl sites for hydroxylation is 1. The third-order valence-corrected chi connectivity index (χ3v) is 7.40. The molecule has 8 nitrogen and oxygen atoms in total. The summed E-state index contributed by atoms with van der Waals surface area (Å²) >= 11 is 0. The highest BCUT2D eigenvalue weighted by molar-refractivity contribution is 7.89. The Morgan fingerprint density at radius 2 is 1.89 bits per heavy atom. The van der Waals surface area contributed by atoms with Crippen LogP contribution in [0.3, 0.4) is 0 Å². The van der Waals surface area contributed by atoms with E-state index in [1.165, 1.54) is 6.20 Å². The molecule has 28 heavy (non-hydrogen) atoms. The van der Waals surface area contributed by atoms with E-state index < -0.39 is 10.0 Å². The average molecular weight is 405 g/mol. The molecule has 2 saturated heterocycles. The van der Waals surface area contributed by atoms with E-state index in [-0.39, 0.29) is 10.9 Å². The molecular weight excluding hydrogens is 376 g/mol. The molecule has 0 bridgehead atoms. The first-order valence-electron chi connectivity index (χ1n) is 9.99. The minimum Gasteiger partial charge on any atom is -0.367 e. The van der Waals surface area contributed by atoms with Crippen molar-refractivity contribution >= 4 is 21.5 Å². The summed E-state index contributed by atoms with van der Waals surface area (Å²) in [6.07, 6.45) is 10.5. The average Bonchev–Trinajstić information content (AvgIpc) is 3.16. The minimum atomic E-state index is -3.43. The predicted octanol–water partition coefficient (Wildman–Crippen LogP) is 2.07.